The number of carbonyl (C=O) groups excluding carboxylic acids is 1. The minimum atomic E-state index is -3.18. The maximum Gasteiger partial charge on any atom is 0.283 e. The van der Waals surface area contributed by atoms with E-state index in [1.165, 1.54) is 23.2 Å². The number of pyridine rings is 1. The van der Waals surface area contributed by atoms with Gasteiger partial charge in [0.05, 0.1) is 12.7 Å². The summed E-state index contributed by atoms with van der Waals surface area (Å²) in [5.41, 5.74) is 8.07. The molecule has 1 aliphatic heterocycles. The Morgan fingerprint density at radius 2 is 2.06 bits per heavy atom. The summed E-state index contributed by atoms with van der Waals surface area (Å²) in [5, 5.41) is 18.8. The van der Waals surface area contributed by atoms with Gasteiger partial charge in [0, 0.05) is 60.2 Å². The number of hydrogen-bond donors (Lipinski definition) is 4. The van der Waals surface area contributed by atoms with Crippen molar-refractivity contribution in [2.75, 3.05) is 18.5 Å². The van der Waals surface area contributed by atoms with E-state index in [-0.39, 0.29) is 23.2 Å². The maximum atomic E-state index is 14.2. The number of nitrogens with two attached hydrogens (primary N) is 1. The molecule has 10 heteroatoms. The van der Waals surface area contributed by atoms with Gasteiger partial charge < -0.3 is 21.6 Å². The molecule has 2 heterocycles. The summed E-state index contributed by atoms with van der Waals surface area (Å²) in [6.45, 7) is -1.15. The third-order valence-electron chi connectivity index (χ3n) is 4.91. The summed E-state index contributed by atoms with van der Waals surface area (Å²) in [7, 11) is 0. The molecule has 3 rings (SSSR count). The molecule has 32 heavy (non-hydrogen) atoms. The van der Waals surface area contributed by atoms with Gasteiger partial charge in [-0.15, -0.1) is 0 Å². The van der Waals surface area contributed by atoms with Gasteiger partial charge in [0.15, 0.2) is 0 Å². The number of alkyl halides is 2. The normalized spacial score (nSPS) is 14.6. The molecule has 0 radical (unpaired) electrons. The summed E-state index contributed by atoms with van der Waals surface area (Å²) >= 11 is 0. The Hall–Kier alpha value is -3.50. The molecular weight excluding hydrogens is 423 g/mol. The van der Waals surface area contributed by atoms with Crippen molar-refractivity contribution in [3.8, 4) is 0 Å². The van der Waals surface area contributed by atoms with Crippen molar-refractivity contribution in [3.05, 3.63) is 70.9 Å². The number of halogens is 3. The van der Waals surface area contributed by atoms with E-state index in [1.807, 2.05) is 0 Å². The van der Waals surface area contributed by atoms with E-state index in [9.17, 15) is 18.0 Å². The first-order valence-corrected chi connectivity index (χ1v) is 9.64. The van der Waals surface area contributed by atoms with Crippen LogP contribution in [-0.4, -0.2) is 46.2 Å². The Labute approximate surface area is 182 Å². The molecule has 1 amide bonds. The van der Waals surface area contributed by atoms with Crippen LogP contribution in [0.1, 0.15) is 22.3 Å². The third kappa shape index (κ3) is 5.40. The van der Waals surface area contributed by atoms with Crippen LogP contribution in [0.5, 0.6) is 0 Å². The van der Waals surface area contributed by atoms with Crippen molar-refractivity contribution in [2.24, 2.45) is 5.73 Å². The molecule has 0 spiro atoms. The summed E-state index contributed by atoms with van der Waals surface area (Å²) in [5.74, 6) is -4.34. The number of carbonyl (C=O) groups is 1. The molecule has 0 saturated carbocycles. The van der Waals surface area contributed by atoms with Crippen LogP contribution in [0.4, 0.5) is 18.9 Å². The first-order valence-electron chi connectivity index (χ1n) is 9.64. The fraction of sp³-hybridized carbons (Fsp3) is 0.227. The van der Waals surface area contributed by atoms with Gasteiger partial charge in [0.25, 0.3) is 5.92 Å². The van der Waals surface area contributed by atoms with Crippen LogP contribution in [0.2, 0.25) is 0 Å². The molecule has 0 atom stereocenters. The van der Waals surface area contributed by atoms with Crippen molar-refractivity contribution in [1.82, 2.24) is 9.88 Å². The largest absolute Gasteiger partial charge is 0.404 e. The molecule has 0 unspecified atom stereocenters. The van der Waals surface area contributed by atoms with Crippen molar-refractivity contribution in [2.45, 2.75) is 19.0 Å². The Bertz CT molecular complexity index is 1090. The average molecular weight is 445 g/mol. The Morgan fingerprint density at radius 3 is 2.75 bits per heavy atom. The molecule has 0 bridgehead atoms. The standard InChI is InChI=1S/C22H22F3N5O2/c23-19-9-28-8-14(21(19)17(6-26)7-27)2-4-20(32)29-18-3-1-15-10-30(11-16(15)5-18)12-22(24,25)13-31/h1-9,26,31H,10-13,27H2,(H,29,32)/b4-2+,17-7?,26-6?. The number of amides is 1. The highest BCUT2D eigenvalue weighted by Crippen LogP contribution is 2.28. The van der Waals surface area contributed by atoms with E-state index in [0.717, 1.165) is 29.7 Å². The summed E-state index contributed by atoms with van der Waals surface area (Å²) < 4.78 is 41.1. The van der Waals surface area contributed by atoms with Gasteiger partial charge in [-0.3, -0.25) is 14.7 Å². The Kier molecular flexibility index (Phi) is 7.06. The molecule has 1 aromatic carbocycles. The summed E-state index contributed by atoms with van der Waals surface area (Å²) in [4.78, 5) is 17.6. The maximum absolute atomic E-state index is 14.2. The fourth-order valence-corrected chi connectivity index (χ4v) is 3.47. The second-order valence-corrected chi connectivity index (χ2v) is 7.32. The van der Waals surface area contributed by atoms with Gasteiger partial charge in [-0.05, 0) is 29.3 Å². The van der Waals surface area contributed by atoms with Crippen molar-refractivity contribution < 1.29 is 23.1 Å². The van der Waals surface area contributed by atoms with E-state index in [2.05, 4.69) is 10.3 Å². The number of anilines is 1. The SMILES string of the molecule is N=CC(=CN)c1c(F)cncc1/C=C/C(=O)Nc1ccc2c(c1)CN(CC(F)(F)CO)C2. The van der Waals surface area contributed by atoms with Crippen molar-refractivity contribution in [1.29, 1.82) is 5.41 Å². The lowest BCUT2D eigenvalue weighted by Gasteiger charge is -2.21. The highest BCUT2D eigenvalue weighted by Gasteiger charge is 2.33. The van der Waals surface area contributed by atoms with Crippen LogP contribution in [0.15, 0.2) is 42.9 Å². The van der Waals surface area contributed by atoms with Crippen LogP contribution in [0.25, 0.3) is 11.6 Å². The quantitative estimate of drug-likeness (QED) is 0.368. The van der Waals surface area contributed by atoms with Gasteiger partial charge >= 0.3 is 0 Å². The van der Waals surface area contributed by atoms with Crippen molar-refractivity contribution in [3.63, 3.8) is 0 Å². The van der Waals surface area contributed by atoms with Crippen LogP contribution >= 0.6 is 0 Å². The van der Waals surface area contributed by atoms with Gasteiger partial charge in [-0.2, -0.15) is 0 Å². The first-order chi connectivity index (χ1) is 15.3. The first kappa shape index (κ1) is 23.2. The van der Waals surface area contributed by atoms with Crippen LogP contribution < -0.4 is 11.1 Å². The molecule has 1 aliphatic rings. The second kappa shape index (κ2) is 9.75. The number of benzene rings is 1. The molecule has 2 aromatic rings. The number of aromatic nitrogens is 1. The number of aliphatic hydroxyl groups excluding tert-OH is 1. The predicted octanol–water partition coefficient (Wildman–Crippen LogP) is 2.76. The van der Waals surface area contributed by atoms with E-state index in [1.54, 1.807) is 18.2 Å². The van der Waals surface area contributed by atoms with E-state index < -0.39 is 30.8 Å². The molecule has 168 valence electrons. The topological polar surface area (TPSA) is 115 Å². The highest BCUT2D eigenvalue weighted by molar-refractivity contribution is 6.10. The lowest BCUT2D eigenvalue weighted by molar-refractivity contribution is -0.111. The van der Waals surface area contributed by atoms with E-state index in [0.29, 0.717) is 12.2 Å². The third-order valence-corrected chi connectivity index (χ3v) is 4.91. The lowest BCUT2D eigenvalue weighted by atomic mass is 10.0. The van der Waals surface area contributed by atoms with E-state index >= 15 is 0 Å². The molecule has 0 fully saturated rings. The Balaban J connectivity index is 1.70. The highest BCUT2D eigenvalue weighted by atomic mass is 19.3. The van der Waals surface area contributed by atoms with Crippen molar-refractivity contribution >= 4 is 29.5 Å². The monoisotopic (exact) mass is 445 g/mol. The smallest absolute Gasteiger partial charge is 0.283 e. The number of rotatable bonds is 8. The summed E-state index contributed by atoms with van der Waals surface area (Å²) in [6.07, 6.45) is 6.89. The minimum absolute atomic E-state index is 0.0545. The number of fused-ring (bicyclic) bond motifs is 1. The fourth-order valence-electron chi connectivity index (χ4n) is 3.47. The molecule has 5 N–H and O–H groups in total. The van der Waals surface area contributed by atoms with Crippen LogP contribution in [0, 0.1) is 11.2 Å². The van der Waals surface area contributed by atoms with Gasteiger partial charge in [0.1, 0.15) is 12.4 Å². The molecule has 1 aromatic heterocycles. The minimum Gasteiger partial charge on any atom is -0.404 e. The van der Waals surface area contributed by atoms with Gasteiger partial charge in [0.2, 0.25) is 5.91 Å². The van der Waals surface area contributed by atoms with Gasteiger partial charge in [-0.25, -0.2) is 13.2 Å². The predicted molar refractivity (Wildman–Crippen MR) is 115 cm³/mol. The zero-order valence-corrected chi connectivity index (χ0v) is 17.0. The Morgan fingerprint density at radius 1 is 1.31 bits per heavy atom. The number of aliphatic hydroxyl groups is 1. The second-order valence-electron chi connectivity index (χ2n) is 7.32. The zero-order chi connectivity index (χ0) is 23.3. The number of nitrogens with zero attached hydrogens (tertiary/aromatic N) is 2. The average Bonchev–Trinajstić information content (AvgIpc) is 3.15. The molecule has 0 aliphatic carbocycles. The van der Waals surface area contributed by atoms with Crippen LogP contribution in [0.3, 0.4) is 0 Å². The molecular formula is C22H22F3N5O2. The van der Waals surface area contributed by atoms with Gasteiger partial charge in [-0.1, -0.05) is 6.07 Å². The van der Waals surface area contributed by atoms with E-state index in [4.69, 9.17) is 16.2 Å². The summed E-state index contributed by atoms with van der Waals surface area (Å²) in [6, 6.07) is 5.12. The lowest BCUT2D eigenvalue weighted by Crippen LogP contribution is -2.36. The zero-order valence-electron chi connectivity index (χ0n) is 17.0. The number of allylic oxidation sites excluding steroid dienone is 1. The number of nitrogens with one attached hydrogen (secondary N) is 2. The molecule has 0 saturated heterocycles. The molecule has 7 nitrogen and oxygen atoms in total. The van der Waals surface area contributed by atoms with Crippen LogP contribution in [-0.2, 0) is 17.9 Å². The number of hydrogen-bond acceptors (Lipinski definition) is 6.